The van der Waals surface area contributed by atoms with Gasteiger partial charge in [0.05, 0.1) is 18.4 Å². The summed E-state index contributed by atoms with van der Waals surface area (Å²) in [6.45, 7) is 3.15. The molecule has 0 saturated carbocycles. The lowest BCUT2D eigenvalue weighted by Gasteiger charge is -2.32. The Balaban J connectivity index is 1.41. The molecule has 4 heterocycles. The summed E-state index contributed by atoms with van der Waals surface area (Å²) in [4.78, 5) is 6.41. The maximum Gasteiger partial charge on any atom is 0.151 e. The fourth-order valence-electron chi connectivity index (χ4n) is 4.12. The molecule has 8 heteroatoms. The molecule has 1 aromatic carbocycles. The lowest BCUT2D eigenvalue weighted by molar-refractivity contribution is 0.476. The second-order valence-electron chi connectivity index (χ2n) is 7.28. The Morgan fingerprint density at radius 1 is 1.07 bits per heavy atom. The summed E-state index contributed by atoms with van der Waals surface area (Å²) >= 11 is 6.20. The molecule has 1 saturated heterocycles. The molecule has 3 aromatic rings. The topological polar surface area (TPSA) is 58.9 Å². The van der Waals surface area contributed by atoms with Gasteiger partial charge in [0.2, 0.25) is 0 Å². The number of aromatic nitrogens is 4. The lowest BCUT2D eigenvalue weighted by Crippen LogP contribution is -2.34. The second-order valence-corrected chi connectivity index (χ2v) is 7.72. The molecule has 2 aliphatic heterocycles. The van der Waals surface area contributed by atoms with E-state index in [4.69, 9.17) is 11.6 Å². The van der Waals surface area contributed by atoms with Crippen LogP contribution in [0, 0.1) is 5.82 Å². The fourth-order valence-corrected chi connectivity index (χ4v) is 4.31. The number of nitrogens with one attached hydrogen (secondary N) is 1. The minimum Gasteiger partial charge on any atom is -0.357 e. The Hall–Kier alpha value is -2.51. The van der Waals surface area contributed by atoms with Crippen LogP contribution in [-0.4, -0.2) is 32.8 Å². The molecule has 5 rings (SSSR count). The standard InChI is InChI=1S/C20H20ClFN6/c21-15-1-3-17-14(9-15)10-23-12-19-25-26-20(28(17)19)13-5-7-27(8-6-13)18-4-2-16(22)11-24-18/h1-4,9,11,13,23H,5-8,10,12H2. The van der Waals surface area contributed by atoms with Crippen LogP contribution in [0.4, 0.5) is 10.2 Å². The molecule has 2 aromatic heterocycles. The molecule has 0 unspecified atom stereocenters. The largest absolute Gasteiger partial charge is 0.357 e. The number of benzene rings is 1. The Bertz CT molecular complexity index is 994. The third-order valence-corrected chi connectivity index (χ3v) is 5.77. The number of halogens is 2. The van der Waals surface area contributed by atoms with Gasteiger partial charge in [0, 0.05) is 30.6 Å². The second kappa shape index (κ2) is 7.14. The number of nitrogens with zero attached hydrogens (tertiary/aromatic N) is 5. The van der Waals surface area contributed by atoms with Gasteiger partial charge < -0.3 is 10.2 Å². The minimum absolute atomic E-state index is 0.308. The average molecular weight is 399 g/mol. The van der Waals surface area contributed by atoms with E-state index in [1.54, 1.807) is 6.07 Å². The quantitative estimate of drug-likeness (QED) is 0.716. The molecule has 0 bridgehead atoms. The van der Waals surface area contributed by atoms with E-state index in [0.717, 1.165) is 66.2 Å². The summed E-state index contributed by atoms with van der Waals surface area (Å²) in [5, 5.41) is 13.1. The first-order valence-corrected chi connectivity index (χ1v) is 9.87. The predicted octanol–water partition coefficient (Wildman–Crippen LogP) is 3.44. The first-order valence-electron chi connectivity index (χ1n) is 9.49. The van der Waals surface area contributed by atoms with Crippen LogP contribution in [-0.2, 0) is 13.1 Å². The normalized spacial score (nSPS) is 17.1. The van der Waals surface area contributed by atoms with Crippen molar-refractivity contribution in [3.8, 4) is 5.69 Å². The molecular formula is C20H20ClFN6. The van der Waals surface area contributed by atoms with Gasteiger partial charge in [0.25, 0.3) is 0 Å². The van der Waals surface area contributed by atoms with Crippen LogP contribution in [0.3, 0.4) is 0 Å². The van der Waals surface area contributed by atoms with E-state index >= 15 is 0 Å². The third kappa shape index (κ3) is 3.14. The van der Waals surface area contributed by atoms with Gasteiger partial charge in [-0.3, -0.25) is 4.57 Å². The van der Waals surface area contributed by atoms with Crippen LogP contribution in [0.25, 0.3) is 5.69 Å². The van der Waals surface area contributed by atoms with Crippen LogP contribution in [0.1, 0.15) is 36.0 Å². The van der Waals surface area contributed by atoms with Crippen LogP contribution in [0.5, 0.6) is 0 Å². The maximum atomic E-state index is 13.1. The van der Waals surface area contributed by atoms with Crippen molar-refractivity contribution < 1.29 is 4.39 Å². The van der Waals surface area contributed by atoms with Crippen molar-refractivity contribution in [3.63, 3.8) is 0 Å². The number of rotatable bonds is 2. The Labute approximate surface area is 167 Å². The van der Waals surface area contributed by atoms with Gasteiger partial charge in [-0.1, -0.05) is 11.6 Å². The van der Waals surface area contributed by atoms with Gasteiger partial charge in [0.15, 0.2) is 5.82 Å². The number of anilines is 1. The Morgan fingerprint density at radius 3 is 2.71 bits per heavy atom. The number of hydrogen-bond acceptors (Lipinski definition) is 5. The smallest absolute Gasteiger partial charge is 0.151 e. The summed E-state index contributed by atoms with van der Waals surface area (Å²) in [5.41, 5.74) is 2.26. The van der Waals surface area contributed by atoms with Crippen molar-refractivity contribution in [2.24, 2.45) is 0 Å². The molecule has 1 fully saturated rings. The molecule has 1 N–H and O–H groups in total. The average Bonchev–Trinajstić information content (AvgIpc) is 3.04. The van der Waals surface area contributed by atoms with Crippen molar-refractivity contribution in [1.29, 1.82) is 0 Å². The van der Waals surface area contributed by atoms with E-state index in [-0.39, 0.29) is 5.82 Å². The van der Waals surface area contributed by atoms with Gasteiger partial charge in [-0.05, 0) is 48.7 Å². The monoisotopic (exact) mass is 398 g/mol. The Kier molecular flexibility index (Phi) is 4.49. The summed E-state index contributed by atoms with van der Waals surface area (Å²) < 4.78 is 15.3. The maximum absolute atomic E-state index is 13.1. The highest BCUT2D eigenvalue weighted by Gasteiger charge is 2.28. The van der Waals surface area contributed by atoms with Gasteiger partial charge in [-0.2, -0.15) is 0 Å². The summed E-state index contributed by atoms with van der Waals surface area (Å²) in [6, 6.07) is 9.18. The fraction of sp³-hybridized carbons (Fsp3) is 0.350. The zero-order chi connectivity index (χ0) is 19.1. The lowest BCUT2D eigenvalue weighted by atomic mass is 9.95. The summed E-state index contributed by atoms with van der Waals surface area (Å²) in [6.07, 6.45) is 3.18. The zero-order valence-electron chi connectivity index (χ0n) is 15.3. The predicted molar refractivity (Wildman–Crippen MR) is 105 cm³/mol. The van der Waals surface area contributed by atoms with E-state index in [2.05, 4.69) is 36.0 Å². The molecule has 0 aliphatic carbocycles. The van der Waals surface area contributed by atoms with Gasteiger partial charge in [0.1, 0.15) is 17.5 Å². The van der Waals surface area contributed by atoms with Crippen LogP contribution < -0.4 is 10.2 Å². The highest BCUT2D eigenvalue weighted by atomic mass is 35.5. The summed E-state index contributed by atoms with van der Waals surface area (Å²) in [5.74, 6) is 2.77. The van der Waals surface area contributed by atoms with Crippen LogP contribution in [0.2, 0.25) is 5.02 Å². The van der Waals surface area contributed by atoms with Crippen LogP contribution in [0.15, 0.2) is 36.5 Å². The molecule has 144 valence electrons. The number of hydrogen-bond donors (Lipinski definition) is 1. The molecule has 0 spiro atoms. The Morgan fingerprint density at radius 2 is 1.93 bits per heavy atom. The van der Waals surface area contributed by atoms with Gasteiger partial charge in [-0.15, -0.1) is 10.2 Å². The van der Waals surface area contributed by atoms with Gasteiger partial charge in [-0.25, -0.2) is 9.37 Å². The molecule has 0 radical (unpaired) electrons. The molecular weight excluding hydrogens is 379 g/mol. The SMILES string of the molecule is Fc1ccc(N2CCC(c3nnc4n3-c3ccc(Cl)cc3CNC4)CC2)nc1. The van der Waals surface area contributed by atoms with Crippen LogP contribution >= 0.6 is 11.6 Å². The van der Waals surface area contributed by atoms with E-state index in [0.29, 0.717) is 12.5 Å². The van der Waals surface area contributed by atoms with Crippen molar-refractivity contribution in [2.45, 2.75) is 31.8 Å². The molecule has 6 nitrogen and oxygen atoms in total. The number of pyridine rings is 1. The number of piperidine rings is 1. The first kappa shape index (κ1) is 17.6. The van der Waals surface area contributed by atoms with Crippen molar-refractivity contribution in [1.82, 2.24) is 25.1 Å². The number of fused-ring (bicyclic) bond motifs is 3. The van der Waals surface area contributed by atoms with E-state index in [9.17, 15) is 4.39 Å². The van der Waals surface area contributed by atoms with E-state index in [1.807, 2.05) is 12.1 Å². The van der Waals surface area contributed by atoms with Crippen molar-refractivity contribution in [3.05, 3.63) is 64.6 Å². The van der Waals surface area contributed by atoms with E-state index in [1.165, 1.54) is 12.3 Å². The van der Waals surface area contributed by atoms with E-state index < -0.39 is 0 Å². The highest BCUT2D eigenvalue weighted by molar-refractivity contribution is 6.30. The highest BCUT2D eigenvalue weighted by Crippen LogP contribution is 2.33. The van der Waals surface area contributed by atoms with Crippen molar-refractivity contribution >= 4 is 17.4 Å². The molecule has 28 heavy (non-hydrogen) atoms. The molecule has 2 aliphatic rings. The van der Waals surface area contributed by atoms with Crippen molar-refractivity contribution in [2.75, 3.05) is 18.0 Å². The minimum atomic E-state index is -0.308. The first-order chi connectivity index (χ1) is 13.7. The zero-order valence-corrected chi connectivity index (χ0v) is 16.0. The summed E-state index contributed by atoms with van der Waals surface area (Å²) in [7, 11) is 0. The van der Waals surface area contributed by atoms with Gasteiger partial charge >= 0.3 is 0 Å². The third-order valence-electron chi connectivity index (χ3n) is 5.53. The molecule has 0 amide bonds. The molecule has 0 atom stereocenters.